The molecule has 1 heterocycles. The first-order chi connectivity index (χ1) is 8.95. The molecule has 19 heavy (non-hydrogen) atoms. The SMILES string of the molecule is COc1cnn(C)c1C(N)c1cc(C)c(Br)c(C)c1. The highest BCUT2D eigenvalue weighted by molar-refractivity contribution is 9.10. The standard InChI is InChI=1S/C14H18BrN3O/c1-8-5-10(6-9(2)12(8)15)13(16)14-11(19-4)7-17-18(14)3/h5-7,13H,16H2,1-4H3. The van der Waals surface area contributed by atoms with Gasteiger partial charge in [-0.1, -0.05) is 28.1 Å². The fourth-order valence-corrected chi connectivity index (χ4v) is 2.48. The van der Waals surface area contributed by atoms with Crippen LogP contribution in [0.15, 0.2) is 22.8 Å². The van der Waals surface area contributed by atoms with Gasteiger partial charge in [0.15, 0.2) is 5.75 Å². The summed E-state index contributed by atoms with van der Waals surface area (Å²) in [5.41, 5.74) is 10.6. The molecule has 0 aliphatic heterocycles. The minimum atomic E-state index is -0.257. The topological polar surface area (TPSA) is 53.1 Å². The van der Waals surface area contributed by atoms with Gasteiger partial charge in [-0.05, 0) is 30.5 Å². The minimum Gasteiger partial charge on any atom is -0.493 e. The van der Waals surface area contributed by atoms with Crippen LogP contribution in [0, 0.1) is 13.8 Å². The normalized spacial score (nSPS) is 12.5. The second kappa shape index (κ2) is 5.35. The third-order valence-electron chi connectivity index (χ3n) is 3.28. The van der Waals surface area contributed by atoms with Crippen LogP contribution >= 0.6 is 15.9 Å². The summed E-state index contributed by atoms with van der Waals surface area (Å²) in [4.78, 5) is 0. The van der Waals surface area contributed by atoms with E-state index in [4.69, 9.17) is 10.5 Å². The predicted octanol–water partition coefficient (Wildman–Crippen LogP) is 2.86. The van der Waals surface area contributed by atoms with E-state index in [1.807, 2.05) is 7.05 Å². The lowest BCUT2D eigenvalue weighted by Gasteiger charge is -2.16. The fourth-order valence-electron chi connectivity index (χ4n) is 2.26. The van der Waals surface area contributed by atoms with Crippen LogP contribution in [-0.2, 0) is 7.05 Å². The van der Waals surface area contributed by atoms with Crippen molar-refractivity contribution in [2.45, 2.75) is 19.9 Å². The lowest BCUT2D eigenvalue weighted by molar-refractivity contribution is 0.406. The highest BCUT2D eigenvalue weighted by atomic mass is 79.9. The summed E-state index contributed by atoms with van der Waals surface area (Å²) in [5.74, 6) is 0.716. The molecule has 0 amide bonds. The quantitative estimate of drug-likeness (QED) is 0.944. The number of ether oxygens (including phenoxy) is 1. The Labute approximate surface area is 121 Å². The molecule has 4 nitrogen and oxygen atoms in total. The molecule has 0 aliphatic rings. The van der Waals surface area contributed by atoms with Gasteiger partial charge in [0.25, 0.3) is 0 Å². The number of hydrogen-bond acceptors (Lipinski definition) is 3. The van der Waals surface area contributed by atoms with E-state index >= 15 is 0 Å². The Morgan fingerprint density at radius 3 is 2.42 bits per heavy atom. The molecule has 0 saturated carbocycles. The zero-order valence-corrected chi connectivity index (χ0v) is 13.2. The van der Waals surface area contributed by atoms with Gasteiger partial charge >= 0.3 is 0 Å². The summed E-state index contributed by atoms with van der Waals surface area (Å²) in [6.45, 7) is 4.13. The third kappa shape index (κ3) is 2.53. The average molecular weight is 324 g/mol. The molecular weight excluding hydrogens is 306 g/mol. The van der Waals surface area contributed by atoms with Crippen molar-refractivity contribution < 1.29 is 4.74 Å². The van der Waals surface area contributed by atoms with Crippen molar-refractivity contribution in [3.05, 3.63) is 45.2 Å². The number of nitrogens with two attached hydrogens (primary N) is 1. The van der Waals surface area contributed by atoms with Gasteiger partial charge in [0.1, 0.15) is 5.69 Å². The van der Waals surface area contributed by atoms with Gasteiger partial charge in [-0.3, -0.25) is 4.68 Å². The van der Waals surface area contributed by atoms with Crippen LogP contribution in [0.5, 0.6) is 5.75 Å². The van der Waals surface area contributed by atoms with E-state index in [-0.39, 0.29) is 6.04 Å². The van der Waals surface area contributed by atoms with Crippen LogP contribution in [0.1, 0.15) is 28.4 Å². The number of aromatic nitrogens is 2. The molecule has 1 atom stereocenters. The molecule has 0 aliphatic carbocycles. The molecule has 0 saturated heterocycles. The van der Waals surface area contributed by atoms with Crippen molar-refractivity contribution in [2.24, 2.45) is 12.8 Å². The van der Waals surface area contributed by atoms with Crippen LogP contribution in [0.2, 0.25) is 0 Å². The van der Waals surface area contributed by atoms with Gasteiger partial charge in [-0.2, -0.15) is 5.10 Å². The second-order valence-corrected chi connectivity index (χ2v) is 5.46. The molecular formula is C14H18BrN3O. The molecule has 0 fully saturated rings. The van der Waals surface area contributed by atoms with Crippen LogP contribution < -0.4 is 10.5 Å². The average Bonchev–Trinajstić information content (AvgIpc) is 2.75. The van der Waals surface area contributed by atoms with E-state index in [2.05, 4.69) is 47.0 Å². The van der Waals surface area contributed by atoms with Crippen LogP contribution in [0.25, 0.3) is 0 Å². The molecule has 2 N–H and O–H groups in total. The van der Waals surface area contributed by atoms with Crippen LogP contribution in [-0.4, -0.2) is 16.9 Å². The first-order valence-electron chi connectivity index (χ1n) is 6.03. The number of aryl methyl sites for hydroxylation is 3. The van der Waals surface area contributed by atoms with E-state index in [0.717, 1.165) is 15.7 Å². The molecule has 0 bridgehead atoms. The summed E-state index contributed by atoms with van der Waals surface area (Å²) < 4.78 is 8.21. The summed E-state index contributed by atoms with van der Waals surface area (Å²) in [5, 5.41) is 4.20. The molecule has 1 aromatic carbocycles. The monoisotopic (exact) mass is 323 g/mol. The Morgan fingerprint density at radius 2 is 1.89 bits per heavy atom. The van der Waals surface area contributed by atoms with Gasteiger partial charge in [0, 0.05) is 11.5 Å². The van der Waals surface area contributed by atoms with E-state index in [1.165, 1.54) is 11.1 Å². The maximum absolute atomic E-state index is 6.37. The van der Waals surface area contributed by atoms with Crippen molar-refractivity contribution in [1.29, 1.82) is 0 Å². The molecule has 0 radical (unpaired) electrons. The van der Waals surface area contributed by atoms with E-state index in [1.54, 1.807) is 18.0 Å². The lowest BCUT2D eigenvalue weighted by atomic mass is 9.99. The Morgan fingerprint density at radius 1 is 1.32 bits per heavy atom. The van der Waals surface area contributed by atoms with Crippen molar-refractivity contribution in [1.82, 2.24) is 9.78 Å². The molecule has 1 aromatic heterocycles. The summed E-state index contributed by atoms with van der Waals surface area (Å²) in [6.07, 6.45) is 1.69. The number of hydrogen-bond donors (Lipinski definition) is 1. The Bertz CT molecular complexity index is 584. The molecule has 1 unspecified atom stereocenters. The highest BCUT2D eigenvalue weighted by Crippen LogP contribution is 2.31. The van der Waals surface area contributed by atoms with E-state index in [0.29, 0.717) is 5.75 Å². The van der Waals surface area contributed by atoms with Gasteiger partial charge in [0.05, 0.1) is 19.3 Å². The highest BCUT2D eigenvalue weighted by Gasteiger charge is 2.19. The van der Waals surface area contributed by atoms with Crippen LogP contribution in [0.3, 0.4) is 0 Å². The van der Waals surface area contributed by atoms with Crippen molar-refractivity contribution in [2.75, 3.05) is 7.11 Å². The Hall–Kier alpha value is -1.33. The molecule has 102 valence electrons. The Kier molecular flexibility index (Phi) is 3.96. The number of methoxy groups -OCH3 is 1. The van der Waals surface area contributed by atoms with Gasteiger partial charge in [0.2, 0.25) is 0 Å². The summed E-state index contributed by atoms with van der Waals surface area (Å²) in [7, 11) is 3.50. The zero-order chi connectivity index (χ0) is 14.2. The minimum absolute atomic E-state index is 0.257. The lowest BCUT2D eigenvalue weighted by Crippen LogP contribution is -2.17. The Balaban J connectivity index is 2.49. The molecule has 5 heteroatoms. The largest absolute Gasteiger partial charge is 0.493 e. The maximum Gasteiger partial charge on any atom is 0.161 e. The maximum atomic E-state index is 6.37. The summed E-state index contributed by atoms with van der Waals surface area (Å²) in [6, 6.07) is 3.93. The first kappa shape index (κ1) is 14.1. The van der Waals surface area contributed by atoms with E-state index < -0.39 is 0 Å². The first-order valence-corrected chi connectivity index (χ1v) is 6.83. The molecule has 2 aromatic rings. The zero-order valence-electron chi connectivity index (χ0n) is 11.6. The van der Waals surface area contributed by atoms with Gasteiger partial charge in [-0.25, -0.2) is 0 Å². The number of benzene rings is 1. The van der Waals surface area contributed by atoms with Crippen molar-refractivity contribution >= 4 is 15.9 Å². The van der Waals surface area contributed by atoms with Gasteiger partial charge in [-0.15, -0.1) is 0 Å². The molecule has 2 rings (SSSR count). The number of nitrogens with zero attached hydrogens (tertiary/aromatic N) is 2. The fraction of sp³-hybridized carbons (Fsp3) is 0.357. The third-order valence-corrected chi connectivity index (χ3v) is 4.53. The van der Waals surface area contributed by atoms with Crippen molar-refractivity contribution in [3.8, 4) is 5.75 Å². The van der Waals surface area contributed by atoms with Crippen LogP contribution in [0.4, 0.5) is 0 Å². The number of halogens is 1. The smallest absolute Gasteiger partial charge is 0.161 e. The summed E-state index contributed by atoms with van der Waals surface area (Å²) >= 11 is 3.57. The van der Waals surface area contributed by atoms with Gasteiger partial charge < -0.3 is 10.5 Å². The number of rotatable bonds is 3. The second-order valence-electron chi connectivity index (χ2n) is 4.67. The molecule has 0 spiro atoms. The van der Waals surface area contributed by atoms with E-state index in [9.17, 15) is 0 Å². The van der Waals surface area contributed by atoms with Crippen molar-refractivity contribution in [3.63, 3.8) is 0 Å². The predicted molar refractivity (Wildman–Crippen MR) is 79.4 cm³/mol.